The van der Waals surface area contributed by atoms with Gasteiger partial charge >= 0.3 is 5.97 Å². The molecule has 3 heteroatoms. The van der Waals surface area contributed by atoms with Crippen LogP contribution in [0.15, 0.2) is 0 Å². The highest BCUT2D eigenvalue weighted by Gasteiger charge is 2.37. The molecular formula is C6H10O3. The Morgan fingerprint density at radius 2 is 2.44 bits per heavy atom. The highest BCUT2D eigenvalue weighted by atomic mass is 16.5. The Bertz CT molecular complexity index is 124. The van der Waals surface area contributed by atoms with E-state index in [1.54, 1.807) is 6.92 Å². The summed E-state index contributed by atoms with van der Waals surface area (Å²) in [7, 11) is 0. The summed E-state index contributed by atoms with van der Waals surface area (Å²) in [5.74, 6) is -0.847. The summed E-state index contributed by atoms with van der Waals surface area (Å²) in [4.78, 5) is 10.4. The second-order valence-corrected chi connectivity index (χ2v) is 2.49. The van der Waals surface area contributed by atoms with Crippen LogP contribution in [-0.4, -0.2) is 23.3 Å². The maximum Gasteiger partial charge on any atom is 0.335 e. The zero-order chi connectivity index (χ0) is 6.91. The molecule has 3 nitrogen and oxygen atoms in total. The fraction of sp³-hybridized carbons (Fsp3) is 0.833. The smallest absolute Gasteiger partial charge is 0.335 e. The van der Waals surface area contributed by atoms with Crippen molar-refractivity contribution in [3.8, 4) is 0 Å². The zero-order valence-corrected chi connectivity index (χ0v) is 5.39. The minimum Gasteiger partial charge on any atom is -0.479 e. The van der Waals surface area contributed by atoms with Crippen molar-refractivity contribution in [3.05, 3.63) is 0 Å². The third-order valence-electron chi connectivity index (χ3n) is 1.67. The molecule has 1 rings (SSSR count). The SMILES string of the molecule is C[C@@]1(C(=O)O)CCCO1. The van der Waals surface area contributed by atoms with E-state index in [1.807, 2.05) is 0 Å². The first kappa shape index (κ1) is 6.55. The molecule has 0 saturated carbocycles. The van der Waals surface area contributed by atoms with Crippen molar-refractivity contribution < 1.29 is 14.6 Å². The van der Waals surface area contributed by atoms with E-state index in [0.717, 1.165) is 6.42 Å². The van der Waals surface area contributed by atoms with Crippen molar-refractivity contribution in [2.24, 2.45) is 0 Å². The molecule has 1 heterocycles. The van der Waals surface area contributed by atoms with E-state index in [2.05, 4.69) is 0 Å². The number of ether oxygens (including phenoxy) is 1. The van der Waals surface area contributed by atoms with Gasteiger partial charge in [-0.15, -0.1) is 0 Å². The molecule has 1 atom stereocenters. The Labute approximate surface area is 53.6 Å². The van der Waals surface area contributed by atoms with Crippen molar-refractivity contribution in [3.63, 3.8) is 0 Å². The predicted octanol–water partition coefficient (Wildman–Crippen LogP) is 0.640. The first-order valence-electron chi connectivity index (χ1n) is 3.02. The summed E-state index contributed by atoms with van der Waals surface area (Å²) >= 11 is 0. The molecule has 0 radical (unpaired) electrons. The van der Waals surface area contributed by atoms with Gasteiger partial charge < -0.3 is 9.84 Å². The Kier molecular flexibility index (Phi) is 1.45. The van der Waals surface area contributed by atoms with Gasteiger partial charge in [-0.2, -0.15) is 0 Å². The average molecular weight is 130 g/mol. The number of hydrogen-bond donors (Lipinski definition) is 1. The molecule has 1 saturated heterocycles. The molecule has 1 aliphatic rings. The first-order valence-corrected chi connectivity index (χ1v) is 3.02. The van der Waals surface area contributed by atoms with Gasteiger partial charge in [0.25, 0.3) is 0 Å². The van der Waals surface area contributed by atoms with E-state index in [0.29, 0.717) is 13.0 Å². The van der Waals surface area contributed by atoms with Gasteiger partial charge in [0.15, 0.2) is 5.60 Å². The van der Waals surface area contributed by atoms with Crippen molar-refractivity contribution in [1.29, 1.82) is 0 Å². The van der Waals surface area contributed by atoms with Gasteiger partial charge in [0.1, 0.15) is 0 Å². The predicted molar refractivity (Wildman–Crippen MR) is 31.2 cm³/mol. The highest BCUT2D eigenvalue weighted by molar-refractivity contribution is 5.77. The molecule has 0 bridgehead atoms. The van der Waals surface area contributed by atoms with E-state index in [9.17, 15) is 4.79 Å². The highest BCUT2D eigenvalue weighted by Crippen LogP contribution is 2.24. The van der Waals surface area contributed by atoms with Crippen LogP contribution in [0.4, 0.5) is 0 Å². The minimum atomic E-state index is -0.889. The Morgan fingerprint density at radius 1 is 1.78 bits per heavy atom. The first-order chi connectivity index (χ1) is 4.15. The summed E-state index contributed by atoms with van der Waals surface area (Å²) in [6.07, 6.45) is 1.51. The lowest BCUT2D eigenvalue weighted by Gasteiger charge is -2.15. The van der Waals surface area contributed by atoms with Crippen LogP contribution in [0.25, 0.3) is 0 Å². The number of hydrogen-bond acceptors (Lipinski definition) is 2. The lowest BCUT2D eigenvalue weighted by Crippen LogP contribution is -2.33. The fourth-order valence-electron chi connectivity index (χ4n) is 0.948. The van der Waals surface area contributed by atoms with Crippen LogP contribution in [0, 0.1) is 0 Å². The molecule has 0 amide bonds. The van der Waals surface area contributed by atoms with Crippen LogP contribution in [0.2, 0.25) is 0 Å². The standard InChI is InChI=1S/C6H10O3/c1-6(5(7)8)3-2-4-9-6/h2-4H2,1H3,(H,7,8)/t6-/m0/s1. The van der Waals surface area contributed by atoms with E-state index >= 15 is 0 Å². The summed E-state index contributed by atoms with van der Waals surface area (Å²) < 4.78 is 5.00. The van der Waals surface area contributed by atoms with Gasteiger partial charge in [-0.3, -0.25) is 0 Å². The lowest BCUT2D eigenvalue weighted by molar-refractivity contribution is -0.157. The van der Waals surface area contributed by atoms with Crippen molar-refractivity contribution in [2.75, 3.05) is 6.61 Å². The van der Waals surface area contributed by atoms with E-state index in [-0.39, 0.29) is 0 Å². The molecule has 0 unspecified atom stereocenters. The third-order valence-corrected chi connectivity index (χ3v) is 1.67. The normalized spacial score (nSPS) is 34.8. The minimum absolute atomic E-state index is 0.586. The third kappa shape index (κ3) is 1.05. The molecule has 1 N–H and O–H groups in total. The van der Waals surface area contributed by atoms with Crippen LogP contribution in [0.1, 0.15) is 19.8 Å². The quantitative estimate of drug-likeness (QED) is 0.566. The second-order valence-electron chi connectivity index (χ2n) is 2.49. The Morgan fingerprint density at radius 3 is 2.67 bits per heavy atom. The number of carboxylic acids is 1. The zero-order valence-electron chi connectivity index (χ0n) is 5.39. The van der Waals surface area contributed by atoms with Gasteiger partial charge in [-0.05, 0) is 19.8 Å². The molecule has 0 spiro atoms. The van der Waals surface area contributed by atoms with Crippen LogP contribution >= 0.6 is 0 Å². The molecule has 1 aliphatic heterocycles. The molecule has 1 fully saturated rings. The summed E-state index contributed by atoms with van der Waals surface area (Å²) in [6.45, 7) is 2.20. The van der Waals surface area contributed by atoms with Crippen LogP contribution < -0.4 is 0 Å². The lowest BCUT2D eigenvalue weighted by atomic mass is 10.0. The summed E-state index contributed by atoms with van der Waals surface area (Å²) in [6, 6.07) is 0. The van der Waals surface area contributed by atoms with E-state index in [1.165, 1.54) is 0 Å². The molecule has 0 aromatic rings. The number of aliphatic carboxylic acids is 1. The van der Waals surface area contributed by atoms with E-state index in [4.69, 9.17) is 9.84 Å². The van der Waals surface area contributed by atoms with Crippen molar-refractivity contribution in [2.45, 2.75) is 25.4 Å². The van der Waals surface area contributed by atoms with Crippen molar-refractivity contribution >= 4 is 5.97 Å². The van der Waals surface area contributed by atoms with Crippen molar-refractivity contribution in [1.82, 2.24) is 0 Å². The molecule has 52 valence electrons. The average Bonchev–Trinajstić information content (AvgIpc) is 2.16. The maximum absolute atomic E-state index is 10.4. The molecule has 0 aliphatic carbocycles. The second kappa shape index (κ2) is 1.99. The van der Waals surface area contributed by atoms with Crippen LogP contribution in [-0.2, 0) is 9.53 Å². The maximum atomic E-state index is 10.4. The van der Waals surface area contributed by atoms with Crippen LogP contribution in [0.5, 0.6) is 0 Å². The van der Waals surface area contributed by atoms with Crippen LogP contribution in [0.3, 0.4) is 0 Å². The monoisotopic (exact) mass is 130 g/mol. The number of carbonyl (C=O) groups is 1. The summed E-state index contributed by atoms with van der Waals surface area (Å²) in [5, 5.41) is 8.55. The fourth-order valence-corrected chi connectivity index (χ4v) is 0.948. The van der Waals surface area contributed by atoms with E-state index < -0.39 is 11.6 Å². The molecular weight excluding hydrogens is 120 g/mol. The van der Waals surface area contributed by atoms with Gasteiger partial charge in [-0.25, -0.2) is 4.79 Å². The topological polar surface area (TPSA) is 46.5 Å². The Balaban J connectivity index is 2.61. The molecule has 0 aromatic carbocycles. The van der Waals surface area contributed by atoms with Gasteiger partial charge in [0.05, 0.1) is 0 Å². The largest absolute Gasteiger partial charge is 0.479 e. The van der Waals surface area contributed by atoms with Gasteiger partial charge in [-0.1, -0.05) is 0 Å². The van der Waals surface area contributed by atoms with Gasteiger partial charge in [0, 0.05) is 6.61 Å². The Hall–Kier alpha value is -0.570. The number of carboxylic acid groups (broad SMARTS) is 1. The summed E-state index contributed by atoms with van der Waals surface area (Å²) in [5.41, 5.74) is -0.889. The van der Waals surface area contributed by atoms with Gasteiger partial charge in [0.2, 0.25) is 0 Å². The number of rotatable bonds is 1. The molecule has 9 heavy (non-hydrogen) atoms. The molecule has 0 aromatic heterocycles.